The smallest absolute Gasteiger partial charge is 0.422 e. The number of amides is 2. The standard InChI is InChI=1S/C37H35ClF3N7O6/c38-25-11-9-24(10-12-25)36(17-18-36)48-34-45-33(46-35(47-34)54-20-37(39,40)41)43-26-13-7-22(8-14-26)30(50)44-28(32(52)53)15-16-29(49)31(51)42-19-23-6-5-21-3-1-2-4-27(21)23/h1-4,7-14,23,28H,5-6,15-20H2,(H,42,51)(H,44,50)(H,52,53)(H2,43,45,46,47,48)/t23?,28-/m0/s1. The number of Topliss-reactive ketones (excluding diaryl/α,β-unsaturated/α-hetero) is 1. The number of nitrogens with zero attached hydrogens (tertiary/aromatic N) is 3. The second kappa shape index (κ2) is 16.1. The van der Waals surface area contributed by atoms with E-state index >= 15 is 0 Å². The summed E-state index contributed by atoms with van der Waals surface area (Å²) in [5.74, 6) is -3.84. The number of benzene rings is 3. The highest BCUT2D eigenvalue weighted by Crippen LogP contribution is 2.48. The molecular weight excluding hydrogens is 731 g/mol. The molecule has 2 aliphatic carbocycles. The highest BCUT2D eigenvalue weighted by Gasteiger charge is 2.45. The van der Waals surface area contributed by atoms with E-state index in [9.17, 15) is 37.5 Å². The van der Waals surface area contributed by atoms with Crippen molar-refractivity contribution < 1.29 is 42.2 Å². The Morgan fingerprint density at radius 1 is 0.944 bits per heavy atom. The number of aryl methyl sites for hydroxylation is 1. The van der Waals surface area contributed by atoms with Crippen molar-refractivity contribution in [1.29, 1.82) is 0 Å². The third-order valence-electron chi connectivity index (χ3n) is 9.16. The zero-order chi connectivity index (χ0) is 38.5. The molecule has 6 rings (SSSR count). The third kappa shape index (κ3) is 9.80. The Kier molecular flexibility index (Phi) is 11.3. The van der Waals surface area contributed by atoms with E-state index in [1.165, 1.54) is 29.8 Å². The number of fused-ring (bicyclic) bond motifs is 1. The average Bonchev–Trinajstić information content (AvgIpc) is 3.80. The van der Waals surface area contributed by atoms with Crippen molar-refractivity contribution in [3.8, 4) is 6.01 Å². The second-order valence-corrected chi connectivity index (χ2v) is 13.5. The number of ketones is 1. The Balaban J connectivity index is 1.05. The summed E-state index contributed by atoms with van der Waals surface area (Å²) in [7, 11) is 0. The van der Waals surface area contributed by atoms with Crippen LogP contribution in [0.25, 0.3) is 0 Å². The van der Waals surface area contributed by atoms with Gasteiger partial charge in [-0.15, -0.1) is 0 Å². The maximum absolute atomic E-state index is 13.0. The van der Waals surface area contributed by atoms with E-state index in [-0.39, 0.29) is 36.3 Å². The molecule has 1 saturated carbocycles. The zero-order valence-corrected chi connectivity index (χ0v) is 29.3. The van der Waals surface area contributed by atoms with Crippen LogP contribution in [0, 0.1) is 0 Å². The molecule has 0 saturated heterocycles. The Labute approximate surface area is 312 Å². The molecule has 0 aliphatic heterocycles. The van der Waals surface area contributed by atoms with E-state index in [4.69, 9.17) is 16.3 Å². The summed E-state index contributed by atoms with van der Waals surface area (Å²) >= 11 is 6.02. The van der Waals surface area contributed by atoms with Gasteiger partial charge in [-0.25, -0.2) is 4.79 Å². The summed E-state index contributed by atoms with van der Waals surface area (Å²) in [5, 5.41) is 21.3. The Bertz CT molecular complexity index is 2030. The van der Waals surface area contributed by atoms with Crippen LogP contribution in [0.3, 0.4) is 0 Å². The number of rotatable bonds is 16. The highest BCUT2D eigenvalue weighted by atomic mass is 35.5. The lowest BCUT2D eigenvalue weighted by Crippen LogP contribution is -2.42. The molecule has 1 fully saturated rings. The number of ether oxygens (including phenoxy) is 1. The van der Waals surface area contributed by atoms with E-state index in [2.05, 4.69) is 36.2 Å². The van der Waals surface area contributed by atoms with Gasteiger partial charge in [0.05, 0.1) is 5.54 Å². The molecular formula is C37H35ClF3N7O6. The normalized spacial score (nSPS) is 16.0. The number of aliphatic carboxylic acids is 1. The van der Waals surface area contributed by atoms with Gasteiger partial charge in [0.15, 0.2) is 6.61 Å². The monoisotopic (exact) mass is 765 g/mol. The molecule has 0 radical (unpaired) electrons. The molecule has 5 N–H and O–H groups in total. The molecule has 2 atom stereocenters. The van der Waals surface area contributed by atoms with Crippen LogP contribution in [0.4, 0.5) is 30.8 Å². The summed E-state index contributed by atoms with van der Waals surface area (Å²) in [6, 6.07) is 18.6. The molecule has 13 nitrogen and oxygen atoms in total. The second-order valence-electron chi connectivity index (χ2n) is 13.1. The SMILES string of the molecule is O=C(CC[C@H](NC(=O)c1ccc(Nc2nc(NC3(c4ccc(Cl)cc4)CC3)nc(OCC(F)(F)F)n2)cc1)C(=O)O)C(=O)NCC1CCc2ccccc21. The fourth-order valence-electron chi connectivity index (χ4n) is 6.17. The van der Waals surface area contributed by atoms with Crippen molar-refractivity contribution in [3.05, 3.63) is 100 Å². The van der Waals surface area contributed by atoms with Crippen molar-refractivity contribution in [2.24, 2.45) is 0 Å². The van der Waals surface area contributed by atoms with Crippen LogP contribution in [0.2, 0.25) is 5.02 Å². The highest BCUT2D eigenvalue weighted by molar-refractivity contribution is 6.36. The number of alkyl halides is 3. The fraction of sp³-hybridized carbons (Fsp3) is 0.324. The first-order chi connectivity index (χ1) is 25.8. The van der Waals surface area contributed by atoms with E-state index in [1.54, 1.807) is 12.1 Å². The minimum atomic E-state index is -4.64. The molecule has 282 valence electrons. The molecule has 1 aromatic heterocycles. The minimum absolute atomic E-state index is 0.0385. The topological polar surface area (TPSA) is 185 Å². The van der Waals surface area contributed by atoms with Gasteiger partial charge in [0.2, 0.25) is 17.7 Å². The maximum atomic E-state index is 13.0. The number of hydrogen-bond donors (Lipinski definition) is 5. The van der Waals surface area contributed by atoms with E-state index < -0.39 is 60.4 Å². The number of aromatic nitrogens is 3. The predicted molar refractivity (Wildman–Crippen MR) is 191 cm³/mol. The number of carbonyl (C=O) groups excluding carboxylic acids is 3. The lowest BCUT2D eigenvalue weighted by Gasteiger charge is -2.19. The number of halogens is 4. The molecule has 3 aromatic carbocycles. The number of hydrogen-bond acceptors (Lipinski definition) is 10. The maximum Gasteiger partial charge on any atom is 0.422 e. The van der Waals surface area contributed by atoms with Crippen molar-refractivity contribution >= 4 is 52.8 Å². The molecule has 2 amide bonds. The largest absolute Gasteiger partial charge is 0.480 e. The van der Waals surface area contributed by atoms with Gasteiger partial charge in [-0.1, -0.05) is 48.0 Å². The number of carbonyl (C=O) groups is 4. The average molecular weight is 766 g/mol. The molecule has 17 heteroatoms. The fourth-order valence-corrected chi connectivity index (χ4v) is 6.29. The molecule has 1 heterocycles. The van der Waals surface area contributed by atoms with Crippen molar-refractivity contribution in [2.45, 2.75) is 62.2 Å². The summed E-state index contributed by atoms with van der Waals surface area (Å²) in [4.78, 5) is 62.2. The van der Waals surface area contributed by atoms with Gasteiger partial charge in [-0.05, 0) is 85.2 Å². The number of nitrogens with one attached hydrogen (secondary N) is 4. The van der Waals surface area contributed by atoms with Crippen LogP contribution in [0.5, 0.6) is 6.01 Å². The van der Waals surface area contributed by atoms with Crippen LogP contribution < -0.4 is 26.0 Å². The van der Waals surface area contributed by atoms with Gasteiger partial charge in [0.1, 0.15) is 6.04 Å². The van der Waals surface area contributed by atoms with Gasteiger partial charge in [0.25, 0.3) is 11.8 Å². The van der Waals surface area contributed by atoms with Gasteiger partial charge in [0, 0.05) is 35.2 Å². The Morgan fingerprint density at radius 2 is 1.65 bits per heavy atom. The number of carboxylic acids is 1. The molecule has 0 spiro atoms. The third-order valence-corrected chi connectivity index (χ3v) is 9.42. The lowest BCUT2D eigenvalue weighted by atomic mass is 10.0. The molecule has 1 unspecified atom stereocenters. The Morgan fingerprint density at radius 3 is 2.33 bits per heavy atom. The minimum Gasteiger partial charge on any atom is -0.480 e. The summed E-state index contributed by atoms with van der Waals surface area (Å²) in [6.07, 6.45) is -2.21. The first kappa shape index (κ1) is 38.0. The summed E-state index contributed by atoms with van der Waals surface area (Å²) in [5.41, 5.74) is 3.07. The van der Waals surface area contributed by atoms with Crippen molar-refractivity contribution in [1.82, 2.24) is 25.6 Å². The molecule has 54 heavy (non-hydrogen) atoms. The number of anilines is 3. The summed E-state index contributed by atoms with van der Waals surface area (Å²) in [6.45, 7) is -1.34. The van der Waals surface area contributed by atoms with E-state index in [0.717, 1.165) is 24.0 Å². The van der Waals surface area contributed by atoms with Gasteiger partial charge in [-0.2, -0.15) is 28.1 Å². The van der Waals surface area contributed by atoms with Gasteiger partial charge >= 0.3 is 18.2 Å². The lowest BCUT2D eigenvalue weighted by molar-refractivity contribution is -0.154. The van der Waals surface area contributed by atoms with Crippen molar-refractivity contribution in [2.75, 3.05) is 23.8 Å². The van der Waals surface area contributed by atoms with Crippen LogP contribution in [0.1, 0.15) is 65.1 Å². The molecule has 0 bridgehead atoms. The van der Waals surface area contributed by atoms with Crippen LogP contribution in [0.15, 0.2) is 72.8 Å². The predicted octanol–water partition coefficient (Wildman–Crippen LogP) is 5.69. The zero-order valence-electron chi connectivity index (χ0n) is 28.6. The first-order valence-corrected chi connectivity index (χ1v) is 17.4. The molecule has 4 aromatic rings. The van der Waals surface area contributed by atoms with Crippen LogP contribution in [-0.4, -0.2) is 69.0 Å². The summed E-state index contributed by atoms with van der Waals surface area (Å²) < 4.78 is 43.6. The van der Waals surface area contributed by atoms with E-state index in [0.29, 0.717) is 23.6 Å². The quantitative estimate of drug-likeness (QED) is 0.0884. The van der Waals surface area contributed by atoms with Gasteiger partial charge in [-0.3, -0.25) is 14.4 Å². The Hall–Kier alpha value is -5.77. The molecule has 2 aliphatic rings. The van der Waals surface area contributed by atoms with Crippen LogP contribution >= 0.6 is 11.6 Å². The first-order valence-electron chi connectivity index (χ1n) is 17.1. The van der Waals surface area contributed by atoms with Crippen LogP contribution in [-0.2, 0) is 26.3 Å². The number of carboxylic acid groups (broad SMARTS) is 1. The van der Waals surface area contributed by atoms with Gasteiger partial charge < -0.3 is 31.1 Å². The van der Waals surface area contributed by atoms with Crippen molar-refractivity contribution in [3.63, 3.8) is 0 Å². The van der Waals surface area contributed by atoms with E-state index in [1.807, 2.05) is 36.4 Å².